The number of alkyl halides is 2. The lowest BCUT2D eigenvalue weighted by molar-refractivity contribution is -0.140. The van der Waals surface area contributed by atoms with Gasteiger partial charge in [0.15, 0.2) is 5.78 Å². The van der Waals surface area contributed by atoms with Crippen LogP contribution in [0.15, 0.2) is 42.5 Å². The Hall–Kier alpha value is -3.19. The molecule has 6 nitrogen and oxygen atoms in total. The lowest BCUT2D eigenvalue weighted by atomic mass is 9.91. The average Bonchev–Trinajstić information content (AvgIpc) is 2.87. The smallest absolute Gasteiger partial charge is 0.269 e. The molecule has 0 bridgehead atoms. The van der Waals surface area contributed by atoms with Crippen LogP contribution in [-0.4, -0.2) is 66.1 Å². The molecular formula is C27H29F3N2O4. The number of hydrogen-bond acceptors (Lipinski definition) is 5. The molecule has 2 aromatic carbocycles. The first kappa shape index (κ1) is 27.4. The maximum atomic E-state index is 14.6. The van der Waals surface area contributed by atoms with E-state index in [1.54, 1.807) is 0 Å². The summed E-state index contributed by atoms with van der Waals surface area (Å²) in [5.41, 5.74) is -1.09. The number of ketones is 1. The van der Waals surface area contributed by atoms with Gasteiger partial charge in [0.2, 0.25) is 0 Å². The highest BCUT2D eigenvalue weighted by atomic mass is 19.3. The average molecular weight is 503 g/mol. The predicted molar refractivity (Wildman–Crippen MR) is 128 cm³/mol. The monoisotopic (exact) mass is 502 g/mol. The molecule has 2 atom stereocenters. The summed E-state index contributed by atoms with van der Waals surface area (Å²) in [6.07, 6.45) is -3.45. The van der Waals surface area contributed by atoms with Crippen molar-refractivity contribution in [1.29, 1.82) is 0 Å². The van der Waals surface area contributed by atoms with E-state index in [-0.39, 0.29) is 17.5 Å². The van der Waals surface area contributed by atoms with Gasteiger partial charge in [-0.3, -0.25) is 14.5 Å². The van der Waals surface area contributed by atoms with E-state index in [9.17, 15) is 27.9 Å². The summed E-state index contributed by atoms with van der Waals surface area (Å²) in [5.74, 6) is 3.10. The molecule has 1 amide bonds. The number of nitrogens with one attached hydrogen (secondary N) is 1. The molecule has 1 saturated heterocycles. The number of morpholine rings is 1. The highest BCUT2D eigenvalue weighted by Crippen LogP contribution is 2.22. The molecule has 9 heteroatoms. The molecule has 0 aromatic heterocycles. The second-order valence-corrected chi connectivity index (χ2v) is 8.78. The minimum Gasteiger partial charge on any atom is -0.382 e. The van der Waals surface area contributed by atoms with E-state index < -0.39 is 35.6 Å². The number of carbonyl (C=O) groups excluding carboxylic acids is 2. The van der Waals surface area contributed by atoms with E-state index in [1.807, 2.05) is 24.3 Å². The van der Waals surface area contributed by atoms with Crippen LogP contribution in [0.3, 0.4) is 0 Å². The Morgan fingerprint density at radius 2 is 1.81 bits per heavy atom. The molecule has 2 aromatic rings. The maximum Gasteiger partial charge on any atom is 0.269 e. The molecule has 192 valence electrons. The van der Waals surface area contributed by atoms with Gasteiger partial charge in [-0.15, -0.1) is 0 Å². The molecule has 2 N–H and O–H groups in total. The normalized spacial score (nSPS) is 16.5. The Balaban J connectivity index is 1.68. The second kappa shape index (κ2) is 12.2. The van der Waals surface area contributed by atoms with Crippen molar-refractivity contribution >= 4 is 11.7 Å². The van der Waals surface area contributed by atoms with Crippen LogP contribution in [0.2, 0.25) is 0 Å². The molecule has 1 fully saturated rings. The first-order chi connectivity index (χ1) is 17.1. The molecular weight excluding hydrogens is 473 g/mol. The Bertz CT molecular complexity index is 1130. The Kier molecular flexibility index (Phi) is 9.26. The van der Waals surface area contributed by atoms with Crippen LogP contribution < -0.4 is 5.32 Å². The van der Waals surface area contributed by atoms with Crippen molar-refractivity contribution in [3.05, 3.63) is 70.5 Å². The van der Waals surface area contributed by atoms with Crippen molar-refractivity contribution in [3.8, 4) is 11.8 Å². The molecule has 0 radical (unpaired) electrons. The van der Waals surface area contributed by atoms with Gasteiger partial charge in [-0.25, -0.2) is 13.2 Å². The predicted octanol–water partition coefficient (Wildman–Crippen LogP) is 3.15. The van der Waals surface area contributed by atoms with Crippen molar-refractivity contribution in [2.45, 2.75) is 44.9 Å². The summed E-state index contributed by atoms with van der Waals surface area (Å²) in [7, 11) is 0. The van der Waals surface area contributed by atoms with Crippen LogP contribution in [-0.2, 0) is 16.1 Å². The largest absolute Gasteiger partial charge is 0.382 e. The Morgan fingerprint density at radius 3 is 2.39 bits per heavy atom. The molecule has 0 spiro atoms. The summed E-state index contributed by atoms with van der Waals surface area (Å²) in [4.78, 5) is 26.9. The first-order valence-corrected chi connectivity index (χ1v) is 11.7. The maximum absolute atomic E-state index is 14.6. The van der Waals surface area contributed by atoms with E-state index >= 15 is 0 Å². The van der Waals surface area contributed by atoms with Gasteiger partial charge in [-0.1, -0.05) is 30.9 Å². The third-order valence-electron chi connectivity index (χ3n) is 6.01. The Labute approximate surface area is 208 Å². The number of benzene rings is 2. The molecule has 3 rings (SSSR count). The second-order valence-electron chi connectivity index (χ2n) is 8.78. The lowest BCUT2D eigenvalue weighted by Crippen LogP contribution is -2.59. The molecule has 0 saturated carbocycles. The number of nitrogens with zero attached hydrogens (tertiary/aromatic N) is 1. The van der Waals surface area contributed by atoms with Gasteiger partial charge in [-0.05, 0) is 42.8 Å². The highest BCUT2D eigenvalue weighted by molar-refractivity contribution is 5.98. The number of halogens is 3. The molecule has 1 aliphatic heterocycles. The zero-order valence-electron chi connectivity index (χ0n) is 20.2. The lowest BCUT2D eigenvalue weighted by Gasteiger charge is -2.31. The minimum atomic E-state index is -3.28. The van der Waals surface area contributed by atoms with Gasteiger partial charge in [-0.2, -0.15) is 0 Å². The zero-order valence-corrected chi connectivity index (χ0v) is 20.2. The highest BCUT2D eigenvalue weighted by Gasteiger charge is 2.45. The molecule has 36 heavy (non-hydrogen) atoms. The van der Waals surface area contributed by atoms with Gasteiger partial charge in [0.05, 0.1) is 18.8 Å². The zero-order chi connectivity index (χ0) is 26.3. The van der Waals surface area contributed by atoms with Crippen LogP contribution in [0.4, 0.5) is 13.2 Å². The summed E-state index contributed by atoms with van der Waals surface area (Å²) in [5, 5.41) is 12.2. The molecule has 1 heterocycles. The van der Waals surface area contributed by atoms with Crippen molar-refractivity contribution in [2.75, 3.05) is 26.3 Å². The third-order valence-corrected chi connectivity index (χ3v) is 6.01. The third kappa shape index (κ3) is 6.94. The van der Waals surface area contributed by atoms with Crippen molar-refractivity contribution in [2.24, 2.45) is 0 Å². The standard InChI is InChI=1S/C27H29F3N2O4/c1-3-23(33)24(27(2,35)26(29)30)31-25(34)21-11-10-20(22(28)16-21)9-8-18-4-6-19(7-5-18)17-32-12-14-36-15-13-32/h4-7,10-11,16,24,26,35H,3,12-15,17H2,1-2H3,(H,31,34)/t24-,27+/m1/s1. The van der Waals surface area contributed by atoms with Crippen LogP contribution >= 0.6 is 0 Å². The van der Waals surface area contributed by atoms with Crippen molar-refractivity contribution in [1.82, 2.24) is 10.2 Å². The number of carbonyl (C=O) groups is 2. The summed E-state index contributed by atoms with van der Waals surface area (Å²) in [6.45, 7) is 6.23. The van der Waals surface area contributed by atoms with Gasteiger partial charge < -0.3 is 15.2 Å². The summed E-state index contributed by atoms with van der Waals surface area (Å²) < 4.78 is 46.5. The number of rotatable bonds is 8. The van der Waals surface area contributed by atoms with E-state index in [0.29, 0.717) is 5.56 Å². The van der Waals surface area contributed by atoms with Gasteiger partial charge >= 0.3 is 0 Å². The van der Waals surface area contributed by atoms with Crippen LogP contribution in [0.5, 0.6) is 0 Å². The van der Waals surface area contributed by atoms with Gasteiger partial charge in [0.25, 0.3) is 12.3 Å². The molecule has 0 aliphatic carbocycles. The quantitative estimate of drug-likeness (QED) is 0.543. The fourth-order valence-electron chi connectivity index (χ4n) is 3.71. The fraction of sp³-hybridized carbons (Fsp3) is 0.407. The first-order valence-electron chi connectivity index (χ1n) is 11.7. The number of Topliss-reactive ketones (excluding diaryl/α,β-unsaturated/α-hetero) is 1. The molecule has 1 aliphatic rings. The SMILES string of the molecule is CCC(=O)[C@@H](NC(=O)c1ccc(C#Cc2ccc(CN3CCOCC3)cc2)c(F)c1)[C@](C)(O)C(F)F. The van der Waals surface area contributed by atoms with Gasteiger partial charge in [0.1, 0.15) is 17.5 Å². The van der Waals surface area contributed by atoms with Crippen molar-refractivity contribution in [3.63, 3.8) is 0 Å². The fourth-order valence-corrected chi connectivity index (χ4v) is 3.71. The summed E-state index contributed by atoms with van der Waals surface area (Å²) in [6, 6.07) is 9.27. The van der Waals surface area contributed by atoms with Gasteiger partial charge in [0, 0.05) is 37.2 Å². The number of hydrogen-bond donors (Lipinski definition) is 2. The van der Waals surface area contributed by atoms with Crippen LogP contribution in [0.1, 0.15) is 47.3 Å². The number of aliphatic hydroxyl groups is 1. The number of ether oxygens (including phenoxy) is 1. The number of amides is 1. The van der Waals surface area contributed by atoms with Crippen molar-refractivity contribution < 1.29 is 32.6 Å². The van der Waals surface area contributed by atoms with E-state index in [4.69, 9.17) is 4.74 Å². The topological polar surface area (TPSA) is 78.9 Å². The summed E-state index contributed by atoms with van der Waals surface area (Å²) >= 11 is 0. The van der Waals surface area contributed by atoms with Crippen LogP contribution in [0.25, 0.3) is 0 Å². The van der Waals surface area contributed by atoms with E-state index in [0.717, 1.165) is 51.4 Å². The van der Waals surface area contributed by atoms with Crippen LogP contribution in [0, 0.1) is 17.7 Å². The molecule has 0 unspecified atom stereocenters. The van der Waals surface area contributed by atoms with E-state index in [2.05, 4.69) is 22.1 Å². The Morgan fingerprint density at radius 1 is 1.14 bits per heavy atom. The minimum absolute atomic E-state index is 0.0460. The van der Waals surface area contributed by atoms with E-state index in [1.165, 1.54) is 19.1 Å².